The van der Waals surface area contributed by atoms with Gasteiger partial charge in [0, 0.05) is 31.4 Å². The molecule has 1 fully saturated rings. The fourth-order valence-corrected chi connectivity index (χ4v) is 4.37. The van der Waals surface area contributed by atoms with Crippen LogP contribution in [0.15, 0.2) is 28.9 Å². The van der Waals surface area contributed by atoms with E-state index in [9.17, 15) is 9.90 Å². The summed E-state index contributed by atoms with van der Waals surface area (Å²) >= 11 is 0. The molecule has 0 unspecified atom stereocenters. The number of anilines is 1. The van der Waals surface area contributed by atoms with Crippen LogP contribution in [-0.2, 0) is 11.2 Å². The first kappa shape index (κ1) is 25.6. The molecule has 1 atom stereocenters. The van der Waals surface area contributed by atoms with Gasteiger partial charge in [-0.05, 0) is 68.0 Å². The molecule has 36 heavy (non-hydrogen) atoms. The molecule has 4 rings (SSSR count). The number of hydrogen-bond acceptors (Lipinski definition) is 9. The second-order valence-corrected chi connectivity index (χ2v) is 9.04. The lowest BCUT2D eigenvalue weighted by atomic mass is 10.0. The molecule has 1 aromatic carbocycles. The summed E-state index contributed by atoms with van der Waals surface area (Å²) in [7, 11) is 0. The van der Waals surface area contributed by atoms with Crippen LogP contribution >= 0.6 is 0 Å². The number of aryl methyl sites for hydroxylation is 3. The average molecular weight is 496 g/mol. The van der Waals surface area contributed by atoms with Crippen molar-refractivity contribution in [3.05, 3.63) is 41.1 Å². The second-order valence-electron chi connectivity index (χ2n) is 9.04. The largest absolute Gasteiger partial charge is 0.490 e. The van der Waals surface area contributed by atoms with E-state index in [0.717, 1.165) is 46.7 Å². The molecular formula is C26H33N5O5. The molecule has 10 heteroatoms. The standard InChI is InChI=1S/C26H33N5O5/c1-4-18-11-19(9-16(2)23(18)35-15-21(33)13-27-22(34)14-32)24-29-26(36-30-24)20-10-17(3)25(28-12-20)31-7-5-6-8-31/h9-12,21,32-33H,4-8,13-15H2,1-3H3,(H,27,34)/t21-/m0/s1. The van der Waals surface area contributed by atoms with Crippen molar-refractivity contribution in [3.8, 4) is 28.6 Å². The highest BCUT2D eigenvalue weighted by Gasteiger charge is 2.19. The Labute approximate surface area is 210 Å². The Morgan fingerprint density at radius 2 is 1.94 bits per heavy atom. The van der Waals surface area contributed by atoms with Crippen molar-refractivity contribution in [2.75, 3.05) is 37.7 Å². The first-order valence-electron chi connectivity index (χ1n) is 12.3. The van der Waals surface area contributed by atoms with E-state index in [-0.39, 0.29) is 13.2 Å². The van der Waals surface area contributed by atoms with Crippen molar-refractivity contribution in [1.29, 1.82) is 0 Å². The molecule has 1 amide bonds. The lowest BCUT2D eigenvalue weighted by Gasteiger charge is -2.18. The summed E-state index contributed by atoms with van der Waals surface area (Å²) in [6.07, 6.45) is 3.97. The Bertz CT molecular complexity index is 1210. The third-order valence-electron chi connectivity index (χ3n) is 6.22. The number of benzene rings is 1. The molecule has 3 heterocycles. The number of aliphatic hydroxyl groups excluding tert-OH is 2. The quantitative estimate of drug-likeness (QED) is 0.388. The Hall–Kier alpha value is -3.50. The van der Waals surface area contributed by atoms with Gasteiger partial charge in [0.15, 0.2) is 0 Å². The van der Waals surface area contributed by atoms with Gasteiger partial charge in [0.1, 0.15) is 30.9 Å². The molecule has 2 aromatic heterocycles. The van der Waals surface area contributed by atoms with Gasteiger partial charge in [-0.2, -0.15) is 4.98 Å². The highest BCUT2D eigenvalue weighted by molar-refractivity contribution is 5.76. The molecular weight excluding hydrogens is 462 g/mol. The smallest absolute Gasteiger partial charge is 0.259 e. The number of carbonyl (C=O) groups excluding carboxylic acids is 1. The van der Waals surface area contributed by atoms with E-state index in [1.54, 1.807) is 6.20 Å². The Balaban J connectivity index is 1.48. The summed E-state index contributed by atoms with van der Waals surface area (Å²) in [6, 6.07) is 5.91. The normalized spacial score (nSPS) is 14.2. The van der Waals surface area contributed by atoms with Crippen molar-refractivity contribution in [2.24, 2.45) is 0 Å². The number of aromatic nitrogens is 3. The molecule has 192 valence electrons. The van der Waals surface area contributed by atoms with E-state index in [2.05, 4.69) is 32.3 Å². The molecule has 1 aliphatic rings. The maximum atomic E-state index is 11.2. The zero-order valence-electron chi connectivity index (χ0n) is 21.0. The fraction of sp³-hybridized carbons (Fsp3) is 0.462. The van der Waals surface area contributed by atoms with E-state index >= 15 is 0 Å². The number of ether oxygens (including phenoxy) is 1. The minimum atomic E-state index is -0.905. The van der Waals surface area contributed by atoms with Gasteiger partial charge in [0.2, 0.25) is 11.7 Å². The first-order chi connectivity index (χ1) is 17.4. The molecule has 0 spiro atoms. The monoisotopic (exact) mass is 495 g/mol. The van der Waals surface area contributed by atoms with Gasteiger partial charge in [-0.1, -0.05) is 12.1 Å². The topological polar surface area (TPSA) is 134 Å². The average Bonchev–Trinajstić information content (AvgIpc) is 3.59. The molecule has 3 aromatic rings. The Kier molecular flexibility index (Phi) is 8.17. The molecule has 0 radical (unpaired) electrons. The predicted molar refractivity (Wildman–Crippen MR) is 135 cm³/mol. The van der Waals surface area contributed by atoms with Crippen molar-refractivity contribution in [3.63, 3.8) is 0 Å². The van der Waals surface area contributed by atoms with Gasteiger partial charge in [0.25, 0.3) is 5.89 Å². The molecule has 3 N–H and O–H groups in total. The van der Waals surface area contributed by atoms with Crippen LogP contribution in [0.4, 0.5) is 5.82 Å². The molecule has 10 nitrogen and oxygen atoms in total. The number of nitrogens with one attached hydrogen (secondary N) is 1. The maximum Gasteiger partial charge on any atom is 0.259 e. The van der Waals surface area contributed by atoms with Gasteiger partial charge in [-0.25, -0.2) is 4.98 Å². The molecule has 0 saturated carbocycles. The van der Waals surface area contributed by atoms with Crippen LogP contribution < -0.4 is 15.0 Å². The van der Waals surface area contributed by atoms with Crippen LogP contribution in [0.5, 0.6) is 5.75 Å². The zero-order valence-corrected chi connectivity index (χ0v) is 21.0. The highest BCUT2D eigenvalue weighted by Crippen LogP contribution is 2.32. The minimum Gasteiger partial charge on any atom is -0.490 e. The lowest BCUT2D eigenvalue weighted by molar-refractivity contribution is -0.124. The van der Waals surface area contributed by atoms with E-state index < -0.39 is 18.6 Å². The summed E-state index contributed by atoms with van der Waals surface area (Å²) < 4.78 is 11.5. The molecule has 1 aliphatic heterocycles. The van der Waals surface area contributed by atoms with Crippen LogP contribution in [0.1, 0.15) is 36.5 Å². The SMILES string of the molecule is CCc1cc(-c2noc(-c3cnc(N4CCCC4)c(C)c3)n2)cc(C)c1OC[C@@H](O)CNC(=O)CO. The highest BCUT2D eigenvalue weighted by atomic mass is 16.5. The summed E-state index contributed by atoms with van der Waals surface area (Å²) in [5.41, 5.74) is 4.48. The van der Waals surface area contributed by atoms with Crippen molar-refractivity contribution in [2.45, 2.75) is 46.1 Å². The number of carbonyl (C=O) groups is 1. The van der Waals surface area contributed by atoms with Crippen LogP contribution in [0.3, 0.4) is 0 Å². The minimum absolute atomic E-state index is 0.00301. The van der Waals surface area contributed by atoms with E-state index in [1.165, 1.54) is 12.8 Å². The van der Waals surface area contributed by atoms with E-state index in [4.69, 9.17) is 14.4 Å². The lowest BCUT2D eigenvalue weighted by Crippen LogP contribution is -2.36. The number of pyridine rings is 1. The number of amides is 1. The predicted octanol–water partition coefficient (Wildman–Crippen LogP) is 2.43. The third kappa shape index (κ3) is 5.83. The van der Waals surface area contributed by atoms with Crippen molar-refractivity contribution >= 4 is 11.7 Å². The molecule has 1 saturated heterocycles. The van der Waals surface area contributed by atoms with Gasteiger partial charge in [-0.3, -0.25) is 4.79 Å². The third-order valence-corrected chi connectivity index (χ3v) is 6.22. The van der Waals surface area contributed by atoms with Gasteiger partial charge < -0.3 is 29.7 Å². The van der Waals surface area contributed by atoms with Gasteiger partial charge >= 0.3 is 0 Å². The summed E-state index contributed by atoms with van der Waals surface area (Å²) in [5, 5.41) is 25.5. The van der Waals surface area contributed by atoms with E-state index in [0.29, 0.717) is 23.9 Å². The van der Waals surface area contributed by atoms with Gasteiger partial charge in [-0.15, -0.1) is 0 Å². The summed E-state index contributed by atoms with van der Waals surface area (Å²) in [4.78, 5) is 22.7. The van der Waals surface area contributed by atoms with E-state index in [1.807, 2.05) is 32.0 Å². The second kappa shape index (κ2) is 11.5. The number of rotatable bonds is 10. The summed E-state index contributed by atoms with van der Waals surface area (Å²) in [5.74, 6) is 2.03. The summed E-state index contributed by atoms with van der Waals surface area (Å²) in [6.45, 7) is 7.44. The van der Waals surface area contributed by atoms with Crippen molar-refractivity contribution < 1.29 is 24.3 Å². The van der Waals surface area contributed by atoms with Crippen LogP contribution in [-0.4, -0.2) is 70.2 Å². The first-order valence-corrected chi connectivity index (χ1v) is 12.3. The number of aliphatic hydroxyl groups is 2. The zero-order chi connectivity index (χ0) is 25.7. The number of hydrogen-bond donors (Lipinski definition) is 3. The Morgan fingerprint density at radius 1 is 1.19 bits per heavy atom. The molecule has 0 aliphatic carbocycles. The van der Waals surface area contributed by atoms with Crippen LogP contribution in [0.25, 0.3) is 22.8 Å². The fourth-order valence-electron chi connectivity index (χ4n) is 4.37. The van der Waals surface area contributed by atoms with Crippen molar-refractivity contribution in [1.82, 2.24) is 20.4 Å². The maximum absolute atomic E-state index is 11.2. The Morgan fingerprint density at radius 3 is 2.64 bits per heavy atom. The van der Waals surface area contributed by atoms with Gasteiger partial charge in [0.05, 0.1) is 5.56 Å². The van der Waals surface area contributed by atoms with Crippen LogP contribution in [0, 0.1) is 13.8 Å². The molecule has 0 bridgehead atoms. The van der Waals surface area contributed by atoms with Crippen LogP contribution in [0.2, 0.25) is 0 Å². The number of nitrogens with zero attached hydrogens (tertiary/aromatic N) is 4.